The van der Waals surface area contributed by atoms with Crippen LogP contribution in [0.2, 0.25) is 0 Å². The molecule has 0 aliphatic rings. The van der Waals surface area contributed by atoms with E-state index in [1.165, 1.54) is 26.2 Å². The van der Waals surface area contributed by atoms with Gasteiger partial charge >= 0.3 is 0 Å². The number of benzene rings is 2. The highest BCUT2D eigenvalue weighted by molar-refractivity contribution is 7.89. The Bertz CT molecular complexity index is 949. The molecule has 0 fully saturated rings. The summed E-state index contributed by atoms with van der Waals surface area (Å²) in [7, 11) is 3.02. The molecular formula is C20H28N4O3S. The molecule has 8 heteroatoms. The SMILES string of the molecule is Cc1cccc(C)c1NCC(=O)Nc1cc(S(=O)(=O)N(C)C)ccc1N(C)C. The molecule has 7 nitrogen and oxygen atoms in total. The van der Waals surface area contributed by atoms with E-state index in [-0.39, 0.29) is 17.3 Å². The molecule has 0 heterocycles. The molecule has 1 amide bonds. The second-order valence-corrected chi connectivity index (χ2v) is 9.18. The van der Waals surface area contributed by atoms with Gasteiger partial charge in [0.1, 0.15) is 0 Å². The van der Waals surface area contributed by atoms with E-state index in [4.69, 9.17) is 0 Å². The Morgan fingerprint density at radius 2 is 1.61 bits per heavy atom. The van der Waals surface area contributed by atoms with Crippen molar-refractivity contribution in [3.63, 3.8) is 0 Å². The molecular weight excluding hydrogens is 376 g/mol. The van der Waals surface area contributed by atoms with Gasteiger partial charge in [0.25, 0.3) is 0 Å². The second-order valence-electron chi connectivity index (χ2n) is 7.03. The first-order valence-corrected chi connectivity index (χ1v) is 10.3. The molecule has 0 aliphatic carbocycles. The Hall–Kier alpha value is -2.58. The summed E-state index contributed by atoms with van der Waals surface area (Å²) in [4.78, 5) is 14.5. The summed E-state index contributed by atoms with van der Waals surface area (Å²) in [6.07, 6.45) is 0. The van der Waals surface area contributed by atoms with Gasteiger partial charge < -0.3 is 15.5 Å². The summed E-state index contributed by atoms with van der Waals surface area (Å²) in [5, 5.41) is 5.99. The normalized spacial score (nSPS) is 11.4. The van der Waals surface area contributed by atoms with Gasteiger partial charge in [0.15, 0.2) is 0 Å². The Morgan fingerprint density at radius 3 is 2.14 bits per heavy atom. The molecule has 2 aromatic rings. The van der Waals surface area contributed by atoms with Crippen LogP contribution in [0.5, 0.6) is 0 Å². The van der Waals surface area contributed by atoms with Crippen LogP contribution in [0.4, 0.5) is 17.1 Å². The Balaban J connectivity index is 2.24. The summed E-state index contributed by atoms with van der Waals surface area (Å²) in [5.41, 5.74) is 4.20. The van der Waals surface area contributed by atoms with E-state index in [9.17, 15) is 13.2 Å². The lowest BCUT2D eigenvalue weighted by atomic mass is 10.1. The van der Waals surface area contributed by atoms with Crippen molar-refractivity contribution in [3.05, 3.63) is 47.5 Å². The Labute approximate surface area is 167 Å². The molecule has 0 radical (unpaired) electrons. The van der Waals surface area contributed by atoms with Gasteiger partial charge in [-0.15, -0.1) is 0 Å². The number of anilines is 3. The first-order chi connectivity index (χ1) is 13.0. The second kappa shape index (κ2) is 8.62. The van der Waals surface area contributed by atoms with E-state index in [1.54, 1.807) is 6.07 Å². The topological polar surface area (TPSA) is 81.8 Å². The molecule has 0 aliphatic heterocycles. The number of para-hydroxylation sites is 1. The minimum absolute atomic E-state index is 0.0726. The summed E-state index contributed by atoms with van der Waals surface area (Å²) in [6, 6.07) is 10.6. The third kappa shape index (κ3) is 4.82. The molecule has 0 atom stereocenters. The van der Waals surface area contributed by atoms with Crippen LogP contribution in [-0.2, 0) is 14.8 Å². The van der Waals surface area contributed by atoms with Gasteiger partial charge in [0.05, 0.1) is 22.8 Å². The van der Waals surface area contributed by atoms with Gasteiger partial charge in [0, 0.05) is 33.9 Å². The molecule has 0 saturated carbocycles. The minimum Gasteiger partial charge on any atom is -0.376 e. The fraction of sp³-hybridized carbons (Fsp3) is 0.350. The largest absolute Gasteiger partial charge is 0.376 e. The standard InChI is InChI=1S/C20H28N4O3S/c1-14-8-7-9-15(2)20(14)21-13-19(25)22-17-12-16(28(26,27)24(5)6)10-11-18(17)23(3)4/h7-12,21H,13H2,1-6H3,(H,22,25). The number of carbonyl (C=O) groups is 1. The molecule has 0 spiro atoms. The van der Waals surface area contributed by atoms with Crippen molar-refractivity contribution in [2.45, 2.75) is 18.7 Å². The molecule has 0 saturated heterocycles. The van der Waals surface area contributed by atoms with Crippen molar-refractivity contribution in [1.29, 1.82) is 0 Å². The lowest BCUT2D eigenvalue weighted by Gasteiger charge is -2.20. The summed E-state index contributed by atoms with van der Waals surface area (Å²) in [6.45, 7) is 4.03. The molecule has 2 rings (SSSR count). The van der Waals surface area contributed by atoms with Crippen molar-refractivity contribution in [2.75, 3.05) is 50.3 Å². The molecule has 2 N–H and O–H groups in total. The predicted octanol–water partition coefficient (Wildman–Crippen LogP) is 2.67. The fourth-order valence-electron chi connectivity index (χ4n) is 2.83. The highest BCUT2D eigenvalue weighted by Gasteiger charge is 2.20. The van der Waals surface area contributed by atoms with Crippen molar-refractivity contribution >= 4 is 33.0 Å². The van der Waals surface area contributed by atoms with Crippen LogP contribution in [0.3, 0.4) is 0 Å². The smallest absolute Gasteiger partial charge is 0.243 e. The number of nitrogens with zero attached hydrogens (tertiary/aromatic N) is 2. The number of hydrogen-bond donors (Lipinski definition) is 2. The maximum Gasteiger partial charge on any atom is 0.243 e. The number of aryl methyl sites for hydroxylation is 2. The molecule has 0 aromatic heterocycles. The third-order valence-corrected chi connectivity index (χ3v) is 6.22. The maximum atomic E-state index is 12.5. The van der Waals surface area contributed by atoms with Gasteiger partial charge in [-0.3, -0.25) is 4.79 Å². The number of sulfonamides is 1. The van der Waals surface area contributed by atoms with Gasteiger partial charge in [-0.05, 0) is 43.2 Å². The quantitative estimate of drug-likeness (QED) is 0.741. The van der Waals surface area contributed by atoms with E-state index >= 15 is 0 Å². The molecule has 0 bridgehead atoms. The van der Waals surface area contributed by atoms with Crippen molar-refractivity contribution in [2.24, 2.45) is 0 Å². The lowest BCUT2D eigenvalue weighted by molar-refractivity contribution is -0.114. The van der Waals surface area contributed by atoms with Crippen LogP contribution in [0.25, 0.3) is 0 Å². The van der Waals surface area contributed by atoms with Crippen molar-refractivity contribution in [3.8, 4) is 0 Å². The van der Waals surface area contributed by atoms with Crippen LogP contribution < -0.4 is 15.5 Å². The average Bonchev–Trinajstić information content (AvgIpc) is 2.60. The third-order valence-electron chi connectivity index (χ3n) is 4.41. The van der Waals surface area contributed by atoms with E-state index in [1.807, 2.05) is 51.0 Å². The van der Waals surface area contributed by atoms with Gasteiger partial charge in [-0.25, -0.2) is 12.7 Å². The van der Waals surface area contributed by atoms with Crippen LogP contribution in [-0.4, -0.2) is 53.4 Å². The zero-order chi connectivity index (χ0) is 21.1. The van der Waals surface area contributed by atoms with Gasteiger partial charge in [-0.2, -0.15) is 0 Å². The summed E-state index contributed by atoms with van der Waals surface area (Å²) >= 11 is 0. The molecule has 0 unspecified atom stereocenters. The minimum atomic E-state index is -3.60. The molecule has 28 heavy (non-hydrogen) atoms. The summed E-state index contributed by atoms with van der Waals surface area (Å²) in [5.74, 6) is -0.259. The Morgan fingerprint density at radius 1 is 1.00 bits per heavy atom. The average molecular weight is 405 g/mol. The number of nitrogens with one attached hydrogen (secondary N) is 2. The predicted molar refractivity (Wildman–Crippen MR) is 115 cm³/mol. The van der Waals surface area contributed by atoms with E-state index in [2.05, 4.69) is 10.6 Å². The Kier molecular flexibility index (Phi) is 6.69. The van der Waals surface area contributed by atoms with Crippen LogP contribution >= 0.6 is 0 Å². The zero-order valence-corrected chi connectivity index (χ0v) is 18.0. The first-order valence-electron chi connectivity index (χ1n) is 8.88. The first kappa shape index (κ1) is 21.7. The van der Waals surface area contributed by atoms with E-state index in [0.717, 1.165) is 26.8 Å². The van der Waals surface area contributed by atoms with Crippen molar-refractivity contribution < 1.29 is 13.2 Å². The molecule has 152 valence electrons. The van der Waals surface area contributed by atoms with Crippen LogP contribution in [0.1, 0.15) is 11.1 Å². The van der Waals surface area contributed by atoms with E-state index < -0.39 is 10.0 Å². The number of hydrogen-bond acceptors (Lipinski definition) is 5. The monoisotopic (exact) mass is 404 g/mol. The number of amides is 1. The maximum absolute atomic E-state index is 12.5. The highest BCUT2D eigenvalue weighted by Crippen LogP contribution is 2.28. The van der Waals surface area contributed by atoms with Gasteiger partial charge in [-0.1, -0.05) is 18.2 Å². The van der Waals surface area contributed by atoms with Crippen LogP contribution in [0, 0.1) is 13.8 Å². The van der Waals surface area contributed by atoms with Crippen molar-refractivity contribution in [1.82, 2.24) is 4.31 Å². The zero-order valence-electron chi connectivity index (χ0n) is 17.2. The number of rotatable bonds is 7. The lowest BCUT2D eigenvalue weighted by Crippen LogP contribution is -2.25. The van der Waals surface area contributed by atoms with Crippen LogP contribution in [0.15, 0.2) is 41.3 Å². The summed E-state index contributed by atoms with van der Waals surface area (Å²) < 4.78 is 26.0. The number of carbonyl (C=O) groups excluding carboxylic acids is 1. The highest BCUT2D eigenvalue weighted by atomic mass is 32.2. The fourth-order valence-corrected chi connectivity index (χ4v) is 3.76. The van der Waals surface area contributed by atoms with E-state index in [0.29, 0.717) is 5.69 Å². The molecule has 2 aromatic carbocycles. The van der Waals surface area contributed by atoms with Gasteiger partial charge in [0.2, 0.25) is 15.9 Å².